The van der Waals surface area contributed by atoms with Crippen molar-refractivity contribution < 1.29 is 23.5 Å². The summed E-state index contributed by atoms with van der Waals surface area (Å²) in [4.78, 5) is 43.3. The molecule has 0 radical (unpaired) electrons. The third kappa shape index (κ3) is 6.10. The summed E-state index contributed by atoms with van der Waals surface area (Å²) in [6, 6.07) is 4.19. The fourth-order valence-corrected chi connectivity index (χ4v) is 4.92. The number of amides is 4. The van der Waals surface area contributed by atoms with Gasteiger partial charge in [0.2, 0.25) is 11.8 Å². The fourth-order valence-electron chi connectivity index (χ4n) is 4.92. The maximum Gasteiger partial charge on any atom is 0.318 e. The molecule has 0 saturated carbocycles. The molecule has 2 fully saturated rings. The zero-order valence-electron chi connectivity index (χ0n) is 22.5. The van der Waals surface area contributed by atoms with Gasteiger partial charge in [0.1, 0.15) is 23.7 Å². The molecular formula is C27H41FN4O4. The van der Waals surface area contributed by atoms with E-state index in [2.05, 4.69) is 10.6 Å². The quantitative estimate of drug-likeness (QED) is 0.594. The standard InChI is InChI=1S/C27H41FN4O4/c1-8-17(4)24(33)30-23(27(5,6)7)25(34)31-14-13-20-22(31)21(15-32(20)26(35)29-16(2)3)36-19-11-9-18(28)10-12-19/h9-12,16-17,20-23H,8,13-15H2,1-7H3,(H,29,35)(H,30,33)/t17-,20-,21+,22+,23-/m1/s1. The van der Waals surface area contributed by atoms with Crippen molar-refractivity contribution in [2.75, 3.05) is 13.1 Å². The Morgan fingerprint density at radius 2 is 1.72 bits per heavy atom. The van der Waals surface area contributed by atoms with Crippen LogP contribution in [0.5, 0.6) is 5.75 Å². The smallest absolute Gasteiger partial charge is 0.318 e. The molecule has 200 valence electrons. The van der Waals surface area contributed by atoms with Gasteiger partial charge in [-0.3, -0.25) is 9.59 Å². The third-order valence-electron chi connectivity index (χ3n) is 7.09. The third-order valence-corrected chi connectivity index (χ3v) is 7.09. The lowest BCUT2D eigenvalue weighted by Gasteiger charge is -2.37. The van der Waals surface area contributed by atoms with Crippen LogP contribution in [-0.4, -0.2) is 71.0 Å². The van der Waals surface area contributed by atoms with E-state index in [9.17, 15) is 18.8 Å². The molecule has 0 unspecified atom stereocenters. The van der Waals surface area contributed by atoms with E-state index in [1.165, 1.54) is 12.1 Å². The van der Waals surface area contributed by atoms with Crippen molar-refractivity contribution >= 4 is 17.8 Å². The first-order chi connectivity index (χ1) is 16.8. The van der Waals surface area contributed by atoms with Gasteiger partial charge in [0.05, 0.1) is 18.6 Å². The average molecular weight is 505 g/mol. The first-order valence-electron chi connectivity index (χ1n) is 12.9. The van der Waals surface area contributed by atoms with Gasteiger partial charge in [0, 0.05) is 18.5 Å². The highest BCUT2D eigenvalue weighted by atomic mass is 19.1. The van der Waals surface area contributed by atoms with Crippen LogP contribution >= 0.6 is 0 Å². The van der Waals surface area contributed by atoms with Gasteiger partial charge in [-0.1, -0.05) is 34.6 Å². The SMILES string of the molecule is CC[C@@H](C)C(=O)N[C@H](C(=O)N1CC[C@@H]2[C@H]1[C@@H](Oc1ccc(F)cc1)CN2C(=O)NC(C)C)C(C)(C)C. The molecule has 5 atom stereocenters. The Morgan fingerprint density at radius 3 is 2.28 bits per heavy atom. The number of hydrogen-bond acceptors (Lipinski definition) is 4. The second kappa shape index (κ2) is 11.0. The second-order valence-corrected chi connectivity index (χ2v) is 11.4. The number of benzene rings is 1. The monoisotopic (exact) mass is 504 g/mol. The Bertz CT molecular complexity index is 946. The van der Waals surface area contributed by atoms with Crippen molar-refractivity contribution in [3.8, 4) is 5.75 Å². The van der Waals surface area contributed by atoms with Crippen LogP contribution in [0.2, 0.25) is 0 Å². The summed E-state index contributed by atoms with van der Waals surface area (Å²) in [5, 5.41) is 5.94. The van der Waals surface area contributed by atoms with Crippen LogP contribution in [0.4, 0.5) is 9.18 Å². The van der Waals surface area contributed by atoms with Crippen molar-refractivity contribution in [1.29, 1.82) is 0 Å². The van der Waals surface area contributed by atoms with Crippen LogP contribution in [0, 0.1) is 17.2 Å². The van der Waals surface area contributed by atoms with E-state index < -0.39 is 17.6 Å². The van der Waals surface area contributed by atoms with Crippen LogP contribution in [0.3, 0.4) is 0 Å². The van der Waals surface area contributed by atoms with Gasteiger partial charge in [-0.15, -0.1) is 0 Å². The summed E-state index contributed by atoms with van der Waals surface area (Å²) in [6.07, 6.45) is 0.802. The van der Waals surface area contributed by atoms with Crippen LogP contribution in [0.1, 0.15) is 61.3 Å². The van der Waals surface area contributed by atoms with Gasteiger partial charge in [-0.25, -0.2) is 9.18 Å². The highest BCUT2D eigenvalue weighted by Crippen LogP contribution is 2.36. The molecule has 0 aliphatic carbocycles. The summed E-state index contributed by atoms with van der Waals surface area (Å²) in [7, 11) is 0. The maximum atomic E-state index is 14.0. The summed E-state index contributed by atoms with van der Waals surface area (Å²) < 4.78 is 19.7. The van der Waals surface area contributed by atoms with E-state index in [0.717, 1.165) is 0 Å². The van der Waals surface area contributed by atoms with Gasteiger partial charge >= 0.3 is 6.03 Å². The van der Waals surface area contributed by atoms with Crippen molar-refractivity contribution in [1.82, 2.24) is 20.4 Å². The number of likely N-dealkylation sites (tertiary alicyclic amines) is 2. The van der Waals surface area contributed by atoms with Crippen LogP contribution < -0.4 is 15.4 Å². The van der Waals surface area contributed by atoms with Crippen molar-refractivity contribution in [2.24, 2.45) is 11.3 Å². The molecule has 0 aromatic heterocycles. The largest absolute Gasteiger partial charge is 0.486 e. The minimum Gasteiger partial charge on any atom is -0.486 e. The predicted molar refractivity (Wildman–Crippen MR) is 136 cm³/mol. The molecule has 9 heteroatoms. The molecule has 2 heterocycles. The Labute approximate surface area is 213 Å². The molecule has 2 aliphatic rings. The molecule has 8 nitrogen and oxygen atoms in total. The number of nitrogens with zero attached hydrogens (tertiary/aromatic N) is 2. The lowest BCUT2D eigenvalue weighted by molar-refractivity contribution is -0.142. The van der Waals surface area contributed by atoms with E-state index in [4.69, 9.17) is 4.74 Å². The molecule has 4 amide bonds. The van der Waals surface area contributed by atoms with E-state index in [1.807, 2.05) is 48.5 Å². The van der Waals surface area contributed by atoms with Crippen LogP contribution in [0.25, 0.3) is 0 Å². The summed E-state index contributed by atoms with van der Waals surface area (Å²) in [5.74, 6) is -0.420. The Balaban J connectivity index is 1.90. The highest BCUT2D eigenvalue weighted by molar-refractivity contribution is 5.89. The number of ether oxygens (including phenoxy) is 1. The Hall–Kier alpha value is -2.84. The molecule has 1 aromatic carbocycles. The summed E-state index contributed by atoms with van der Waals surface area (Å²) in [5.41, 5.74) is -0.515. The molecule has 2 saturated heterocycles. The maximum absolute atomic E-state index is 14.0. The number of urea groups is 1. The molecule has 2 N–H and O–H groups in total. The van der Waals surface area contributed by atoms with Gasteiger partial charge < -0.3 is 25.2 Å². The van der Waals surface area contributed by atoms with Gasteiger partial charge in [-0.2, -0.15) is 0 Å². The number of nitrogens with one attached hydrogen (secondary N) is 2. The number of hydrogen-bond donors (Lipinski definition) is 2. The zero-order valence-corrected chi connectivity index (χ0v) is 22.5. The molecule has 0 bridgehead atoms. The van der Waals surface area contributed by atoms with E-state index in [1.54, 1.807) is 21.9 Å². The number of carbonyl (C=O) groups is 3. The number of carbonyl (C=O) groups excluding carboxylic acids is 3. The molecular weight excluding hydrogens is 463 g/mol. The normalized spacial score (nSPS) is 23.3. The van der Waals surface area contributed by atoms with Gasteiger partial charge in [0.25, 0.3) is 0 Å². The Morgan fingerprint density at radius 1 is 1.08 bits per heavy atom. The second-order valence-electron chi connectivity index (χ2n) is 11.4. The fraction of sp³-hybridized carbons (Fsp3) is 0.667. The number of halogens is 1. The molecule has 1 aromatic rings. The van der Waals surface area contributed by atoms with Crippen LogP contribution in [-0.2, 0) is 9.59 Å². The number of fused-ring (bicyclic) bond motifs is 1. The lowest BCUT2D eigenvalue weighted by Crippen LogP contribution is -2.58. The molecule has 3 rings (SSSR count). The minimum absolute atomic E-state index is 0.0341. The highest BCUT2D eigenvalue weighted by Gasteiger charge is 2.54. The van der Waals surface area contributed by atoms with E-state index in [-0.39, 0.29) is 47.7 Å². The summed E-state index contributed by atoms with van der Waals surface area (Å²) >= 11 is 0. The van der Waals surface area contributed by atoms with Crippen molar-refractivity contribution in [3.63, 3.8) is 0 Å². The molecule has 36 heavy (non-hydrogen) atoms. The van der Waals surface area contributed by atoms with Crippen molar-refractivity contribution in [3.05, 3.63) is 30.1 Å². The summed E-state index contributed by atoms with van der Waals surface area (Å²) in [6.45, 7) is 14.1. The Kier molecular flexibility index (Phi) is 8.52. The first kappa shape index (κ1) is 27.7. The first-order valence-corrected chi connectivity index (χ1v) is 12.9. The minimum atomic E-state index is -0.720. The lowest BCUT2D eigenvalue weighted by atomic mass is 9.85. The predicted octanol–water partition coefficient (Wildman–Crippen LogP) is 3.55. The van der Waals surface area contributed by atoms with Gasteiger partial charge in [-0.05, 0) is 56.4 Å². The topological polar surface area (TPSA) is 91.0 Å². The van der Waals surface area contributed by atoms with E-state index in [0.29, 0.717) is 31.7 Å². The molecule has 0 spiro atoms. The van der Waals surface area contributed by atoms with Gasteiger partial charge in [0.15, 0.2) is 0 Å². The zero-order chi connectivity index (χ0) is 26.8. The van der Waals surface area contributed by atoms with Crippen LogP contribution in [0.15, 0.2) is 24.3 Å². The van der Waals surface area contributed by atoms with Crippen molar-refractivity contribution in [2.45, 2.75) is 91.6 Å². The average Bonchev–Trinajstić information content (AvgIpc) is 3.38. The van der Waals surface area contributed by atoms with E-state index >= 15 is 0 Å². The number of rotatable bonds is 7. The molecule has 2 aliphatic heterocycles.